The molecule has 0 aliphatic heterocycles. The fraction of sp³-hybridized carbons (Fsp3) is 0. The average molecular weight is 292 g/mol. The van der Waals surface area contributed by atoms with Crippen molar-refractivity contribution in [1.82, 2.24) is 0 Å². The summed E-state index contributed by atoms with van der Waals surface area (Å²) in [5.74, 6) is 0. The molecule has 0 aliphatic carbocycles. The molecule has 0 saturated carbocycles. The smallest absolute Gasteiger partial charge is 0 e. The minimum Gasteiger partial charge on any atom is -0.412 e. The predicted molar refractivity (Wildman–Crippen MR) is 25.4 cm³/mol. The Morgan fingerprint density at radius 1 is 0.600 bits per heavy atom. The van der Waals surface area contributed by atoms with Crippen LogP contribution in [0.1, 0.15) is 0 Å². The molecule has 0 unspecified atom stereocenters. The average Bonchev–Trinajstić information content (AvgIpc) is 0. The molecular formula is H5Cl3HoO. The summed E-state index contributed by atoms with van der Waals surface area (Å²) >= 11 is 0. The molecule has 0 atom stereocenters. The summed E-state index contributed by atoms with van der Waals surface area (Å²) in [5, 5.41) is 0. The van der Waals surface area contributed by atoms with Gasteiger partial charge in [-0.3, -0.25) is 0 Å². The molecule has 5 heavy (non-hydrogen) atoms. The summed E-state index contributed by atoms with van der Waals surface area (Å²) in [5.41, 5.74) is 0. The van der Waals surface area contributed by atoms with Gasteiger partial charge in [0, 0.05) is 37.7 Å². The van der Waals surface area contributed by atoms with E-state index in [4.69, 9.17) is 0 Å². The molecule has 0 aromatic carbocycles. The van der Waals surface area contributed by atoms with Gasteiger partial charge in [-0.15, -0.1) is 37.2 Å². The van der Waals surface area contributed by atoms with E-state index in [1.165, 1.54) is 0 Å². The van der Waals surface area contributed by atoms with E-state index in [1.807, 2.05) is 0 Å². The molecule has 5 heteroatoms. The summed E-state index contributed by atoms with van der Waals surface area (Å²) < 4.78 is 0. The van der Waals surface area contributed by atoms with Gasteiger partial charge in [0.1, 0.15) is 0 Å². The van der Waals surface area contributed by atoms with Gasteiger partial charge in [-0.2, -0.15) is 0 Å². The first-order valence-corrected chi connectivity index (χ1v) is 0. The van der Waals surface area contributed by atoms with Crippen molar-refractivity contribution in [1.29, 1.82) is 0 Å². The van der Waals surface area contributed by atoms with E-state index in [-0.39, 0.29) is 80.4 Å². The summed E-state index contributed by atoms with van der Waals surface area (Å²) in [6.07, 6.45) is 0. The number of halogens is 3. The monoisotopic (exact) mass is 291 g/mol. The molecule has 0 aromatic rings. The van der Waals surface area contributed by atoms with Crippen LogP contribution in [0.2, 0.25) is 0 Å². The van der Waals surface area contributed by atoms with Crippen molar-refractivity contribution in [3.05, 3.63) is 0 Å². The minimum atomic E-state index is 0. The van der Waals surface area contributed by atoms with Gasteiger partial charge in [-0.1, -0.05) is 0 Å². The van der Waals surface area contributed by atoms with Gasteiger partial charge >= 0.3 is 0 Å². The van der Waals surface area contributed by atoms with Gasteiger partial charge in [-0.25, -0.2) is 0 Å². The van der Waals surface area contributed by atoms with Crippen LogP contribution in [0.5, 0.6) is 0 Å². The summed E-state index contributed by atoms with van der Waals surface area (Å²) in [6.45, 7) is 0. The van der Waals surface area contributed by atoms with Crippen LogP contribution in [0.15, 0.2) is 0 Å². The second-order valence-corrected chi connectivity index (χ2v) is 0. The fourth-order valence-electron chi connectivity index (χ4n) is 0. The Morgan fingerprint density at radius 2 is 0.600 bits per heavy atom. The van der Waals surface area contributed by atoms with Crippen LogP contribution in [0.3, 0.4) is 0 Å². The summed E-state index contributed by atoms with van der Waals surface area (Å²) in [6, 6.07) is 0. The molecule has 0 heterocycles. The molecule has 2 N–H and O–H groups in total. The van der Waals surface area contributed by atoms with Crippen molar-refractivity contribution in [3.63, 3.8) is 0 Å². The molecule has 0 bridgehead atoms. The maximum atomic E-state index is 0. The van der Waals surface area contributed by atoms with Crippen LogP contribution in [-0.4, -0.2) is 5.48 Å². The van der Waals surface area contributed by atoms with Crippen LogP contribution in [0, 0.1) is 37.7 Å². The largest absolute Gasteiger partial charge is 0.412 e. The Balaban J connectivity index is 0. The molecule has 0 saturated heterocycles. The molecule has 0 rings (SSSR count). The second-order valence-electron chi connectivity index (χ2n) is 0. The number of hydrogen-bond donors (Lipinski definition) is 0. The van der Waals surface area contributed by atoms with E-state index in [0.29, 0.717) is 0 Å². The molecule has 1 nitrogen and oxygen atoms in total. The minimum absolute atomic E-state index is 0. The van der Waals surface area contributed by atoms with Gasteiger partial charge in [0.05, 0.1) is 0 Å². The fourth-order valence-corrected chi connectivity index (χ4v) is 0. The maximum Gasteiger partial charge on any atom is 0 e. The summed E-state index contributed by atoms with van der Waals surface area (Å²) in [4.78, 5) is 0. The quantitative estimate of drug-likeness (QED) is 0.580. The molecule has 0 aromatic heterocycles. The zero-order chi connectivity index (χ0) is 0. The molecule has 43 valence electrons. The zero-order valence-electron chi connectivity index (χ0n) is 2.03. The second kappa shape index (κ2) is 36.1. The van der Waals surface area contributed by atoms with E-state index < -0.39 is 0 Å². The Morgan fingerprint density at radius 3 is 0.600 bits per heavy atom. The molecule has 1 radical (unpaired) electrons. The molecule has 0 spiro atoms. The van der Waals surface area contributed by atoms with Crippen LogP contribution < -0.4 is 0 Å². The van der Waals surface area contributed by atoms with Gasteiger partial charge < -0.3 is 5.48 Å². The van der Waals surface area contributed by atoms with Gasteiger partial charge in [-0.05, 0) is 0 Å². The number of rotatable bonds is 0. The third-order valence-corrected chi connectivity index (χ3v) is 0. The van der Waals surface area contributed by atoms with Crippen LogP contribution >= 0.6 is 37.2 Å². The Bertz CT molecular complexity index is 6.85. The number of hydrogen-bond acceptors (Lipinski definition) is 0. The van der Waals surface area contributed by atoms with Crippen LogP contribution in [0.4, 0.5) is 0 Å². The third kappa shape index (κ3) is 23.3. The van der Waals surface area contributed by atoms with E-state index in [2.05, 4.69) is 0 Å². The zero-order valence-corrected chi connectivity index (χ0v) is 6.41. The standard InChI is InChI=1S/3ClH.Ho.H2O/h3*1H;;1H2. The molecular weight excluding hydrogens is 287 g/mol. The SMILES string of the molecule is Cl.Cl.Cl.O.[Ho]. The molecule has 0 fully saturated rings. The van der Waals surface area contributed by atoms with Gasteiger partial charge in [0.25, 0.3) is 0 Å². The maximum absolute atomic E-state index is 0. The van der Waals surface area contributed by atoms with Crippen LogP contribution in [0.25, 0.3) is 0 Å². The van der Waals surface area contributed by atoms with Crippen molar-refractivity contribution in [2.75, 3.05) is 0 Å². The normalized spacial score (nSPS) is 0. The first-order chi connectivity index (χ1) is 0. The van der Waals surface area contributed by atoms with E-state index in [1.54, 1.807) is 0 Å². The first-order valence-electron chi connectivity index (χ1n) is 0. The molecule has 0 aliphatic rings. The Hall–Kier alpha value is 2.09. The van der Waals surface area contributed by atoms with E-state index in [9.17, 15) is 0 Å². The topological polar surface area (TPSA) is 31.5 Å². The third-order valence-electron chi connectivity index (χ3n) is 0. The van der Waals surface area contributed by atoms with Crippen molar-refractivity contribution in [2.24, 2.45) is 0 Å². The van der Waals surface area contributed by atoms with Crippen molar-refractivity contribution in [2.45, 2.75) is 0 Å². The first kappa shape index (κ1) is 60.2. The van der Waals surface area contributed by atoms with E-state index in [0.717, 1.165) is 0 Å². The van der Waals surface area contributed by atoms with Gasteiger partial charge in [0.2, 0.25) is 0 Å². The van der Waals surface area contributed by atoms with Crippen LogP contribution in [-0.2, 0) is 0 Å². The Kier molecular flexibility index (Phi) is 435. The van der Waals surface area contributed by atoms with Crippen molar-refractivity contribution < 1.29 is 43.2 Å². The van der Waals surface area contributed by atoms with E-state index >= 15 is 0 Å². The molecule has 0 amide bonds. The van der Waals surface area contributed by atoms with Crippen molar-refractivity contribution >= 4 is 37.2 Å². The predicted octanol–water partition coefficient (Wildman–Crippen LogP) is 0.441. The Labute approximate surface area is 79.4 Å². The van der Waals surface area contributed by atoms with Gasteiger partial charge in [0.15, 0.2) is 0 Å². The summed E-state index contributed by atoms with van der Waals surface area (Å²) in [7, 11) is 0. The van der Waals surface area contributed by atoms with Crippen molar-refractivity contribution in [3.8, 4) is 0 Å².